The van der Waals surface area contributed by atoms with Crippen LogP contribution in [0.1, 0.15) is 35.5 Å². The monoisotopic (exact) mass is 499 g/mol. The fourth-order valence-electron chi connectivity index (χ4n) is 4.55. The van der Waals surface area contributed by atoms with Crippen LogP contribution in [0.3, 0.4) is 0 Å². The standard InChI is InChI=1S/C28H26FN5OS/c1-19-10-12-21(13-11-19)31-25(35)14-17-34-27(26(32-28(34)36)23-8-2-3-15-30-23)24-9-5-16-33(24)22-7-4-6-20(29)18-22/h2-13,15-16,18,26-27H,14,17H2,1H3,(H,31,35)(H,32,36). The second kappa shape index (κ2) is 10.3. The van der Waals surface area contributed by atoms with Crippen LogP contribution in [-0.2, 0) is 4.79 Å². The molecule has 5 rings (SSSR count). The zero-order valence-electron chi connectivity index (χ0n) is 19.8. The number of anilines is 1. The zero-order chi connectivity index (χ0) is 25.1. The number of aryl methyl sites for hydroxylation is 1. The van der Waals surface area contributed by atoms with Crippen molar-refractivity contribution in [3.05, 3.63) is 114 Å². The third-order valence-electron chi connectivity index (χ3n) is 6.28. The van der Waals surface area contributed by atoms with Gasteiger partial charge in [0.1, 0.15) is 5.82 Å². The highest BCUT2D eigenvalue weighted by Gasteiger charge is 2.41. The maximum absolute atomic E-state index is 14.0. The third kappa shape index (κ3) is 4.99. The molecular formula is C28H26FN5OS. The lowest BCUT2D eigenvalue weighted by atomic mass is 10.0. The van der Waals surface area contributed by atoms with Crippen molar-refractivity contribution in [1.82, 2.24) is 19.8 Å². The van der Waals surface area contributed by atoms with Gasteiger partial charge in [-0.05, 0) is 73.7 Å². The molecular weight excluding hydrogens is 473 g/mol. The number of nitrogens with zero attached hydrogens (tertiary/aromatic N) is 3. The first kappa shape index (κ1) is 23.7. The van der Waals surface area contributed by atoms with Gasteiger partial charge in [-0.25, -0.2) is 4.39 Å². The summed E-state index contributed by atoms with van der Waals surface area (Å²) in [6.45, 7) is 2.41. The van der Waals surface area contributed by atoms with Gasteiger partial charge in [0.15, 0.2) is 5.11 Å². The van der Waals surface area contributed by atoms with Crippen molar-refractivity contribution in [2.75, 3.05) is 11.9 Å². The third-order valence-corrected chi connectivity index (χ3v) is 6.63. The van der Waals surface area contributed by atoms with Gasteiger partial charge in [-0.3, -0.25) is 9.78 Å². The molecule has 36 heavy (non-hydrogen) atoms. The fourth-order valence-corrected chi connectivity index (χ4v) is 4.88. The molecule has 0 radical (unpaired) electrons. The summed E-state index contributed by atoms with van der Waals surface area (Å²) in [6, 6.07) is 23.4. The van der Waals surface area contributed by atoms with E-state index in [1.807, 2.05) is 83.3 Å². The summed E-state index contributed by atoms with van der Waals surface area (Å²) in [5, 5.41) is 6.91. The lowest BCUT2D eigenvalue weighted by Gasteiger charge is -2.28. The van der Waals surface area contributed by atoms with Crippen LogP contribution >= 0.6 is 12.2 Å². The molecule has 6 nitrogen and oxygen atoms in total. The number of thiocarbonyl (C=S) groups is 1. The SMILES string of the molecule is Cc1ccc(NC(=O)CCN2C(=S)NC(c3ccccn3)C2c2cccn2-c2cccc(F)c2)cc1. The van der Waals surface area contributed by atoms with Crippen molar-refractivity contribution in [1.29, 1.82) is 0 Å². The number of nitrogens with one attached hydrogen (secondary N) is 2. The Kier molecular flexibility index (Phi) is 6.77. The highest BCUT2D eigenvalue weighted by Crippen LogP contribution is 2.39. The van der Waals surface area contributed by atoms with Crippen molar-refractivity contribution in [2.45, 2.75) is 25.4 Å². The van der Waals surface area contributed by atoms with E-state index in [2.05, 4.69) is 15.6 Å². The molecule has 0 saturated carbocycles. The Balaban J connectivity index is 1.44. The van der Waals surface area contributed by atoms with Crippen LogP contribution in [0.5, 0.6) is 0 Å². The Hall–Kier alpha value is -4.04. The van der Waals surface area contributed by atoms with Crippen LogP contribution in [0, 0.1) is 12.7 Å². The lowest BCUT2D eigenvalue weighted by molar-refractivity contribution is -0.116. The van der Waals surface area contributed by atoms with Crippen molar-refractivity contribution in [2.24, 2.45) is 0 Å². The van der Waals surface area contributed by atoms with Crippen LogP contribution in [-0.4, -0.2) is 32.0 Å². The molecule has 2 aromatic carbocycles. The molecule has 1 amide bonds. The summed E-state index contributed by atoms with van der Waals surface area (Å²) in [7, 11) is 0. The molecule has 3 heterocycles. The summed E-state index contributed by atoms with van der Waals surface area (Å²) in [5.74, 6) is -0.402. The first-order chi connectivity index (χ1) is 17.5. The largest absolute Gasteiger partial charge is 0.352 e. The van der Waals surface area contributed by atoms with Gasteiger partial charge in [-0.2, -0.15) is 0 Å². The number of halogens is 1. The van der Waals surface area contributed by atoms with Gasteiger partial charge in [-0.1, -0.05) is 29.8 Å². The maximum atomic E-state index is 14.0. The van der Waals surface area contributed by atoms with E-state index in [-0.39, 0.29) is 30.2 Å². The second-order valence-electron chi connectivity index (χ2n) is 8.77. The summed E-state index contributed by atoms with van der Waals surface area (Å²) in [6.07, 6.45) is 3.91. The number of hydrogen-bond acceptors (Lipinski definition) is 3. The van der Waals surface area contributed by atoms with Crippen LogP contribution in [0.2, 0.25) is 0 Å². The Morgan fingerprint density at radius 1 is 1.08 bits per heavy atom. The van der Waals surface area contributed by atoms with Crippen LogP contribution in [0.4, 0.5) is 10.1 Å². The molecule has 0 bridgehead atoms. The Bertz CT molecular complexity index is 1370. The first-order valence-corrected chi connectivity index (χ1v) is 12.2. The Morgan fingerprint density at radius 2 is 1.92 bits per heavy atom. The molecule has 0 aliphatic carbocycles. The fraction of sp³-hybridized carbons (Fsp3) is 0.179. The van der Waals surface area contributed by atoms with Crippen molar-refractivity contribution >= 4 is 28.9 Å². The van der Waals surface area contributed by atoms with Gasteiger partial charge >= 0.3 is 0 Å². The number of carbonyl (C=O) groups is 1. The summed E-state index contributed by atoms with van der Waals surface area (Å²) in [5.41, 5.74) is 4.36. The average Bonchev–Trinajstić information content (AvgIpc) is 3.49. The van der Waals surface area contributed by atoms with Crippen LogP contribution in [0.25, 0.3) is 5.69 Å². The van der Waals surface area contributed by atoms with Gasteiger partial charge in [0.25, 0.3) is 0 Å². The Morgan fingerprint density at radius 3 is 2.67 bits per heavy atom. The molecule has 1 saturated heterocycles. The van der Waals surface area contributed by atoms with Gasteiger partial charge in [0, 0.05) is 42.4 Å². The second-order valence-corrected chi connectivity index (χ2v) is 9.15. The quantitative estimate of drug-likeness (QED) is 0.337. The lowest BCUT2D eigenvalue weighted by Crippen LogP contribution is -2.33. The van der Waals surface area contributed by atoms with Gasteiger partial charge in [-0.15, -0.1) is 0 Å². The molecule has 4 aromatic rings. The highest BCUT2D eigenvalue weighted by atomic mass is 32.1. The van der Waals surface area contributed by atoms with E-state index in [4.69, 9.17) is 12.2 Å². The minimum absolute atomic E-state index is 0.0952. The average molecular weight is 500 g/mol. The Labute approximate surface area is 214 Å². The summed E-state index contributed by atoms with van der Waals surface area (Å²) in [4.78, 5) is 19.4. The minimum Gasteiger partial charge on any atom is -0.352 e. The molecule has 8 heteroatoms. The molecule has 2 aromatic heterocycles. The first-order valence-electron chi connectivity index (χ1n) is 11.8. The molecule has 2 atom stereocenters. The number of rotatable bonds is 7. The normalized spacial score (nSPS) is 17.2. The molecule has 0 spiro atoms. The van der Waals surface area contributed by atoms with E-state index in [1.165, 1.54) is 12.1 Å². The predicted molar refractivity (Wildman–Crippen MR) is 142 cm³/mol. The minimum atomic E-state index is -0.307. The van der Waals surface area contributed by atoms with Crippen LogP contribution < -0.4 is 10.6 Å². The van der Waals surface area contributed by atoms with E-state index in [0.717, 1.165) is 22.6 Å². The maximum Gasteiger partial charge on any atom is 0.226 e. The number of benzene rings is 2. The van der Waals surface area contributed by atoms with E-state index < -0.39 is 0 Å². The van der Waals surface area contributed by atoms with E-state index in [9.17, 15) is 9.18 Å². The van der Waals surface area contributed by atoms with E-state index in [1.54, 1.807) is 12.3 Å². The van der Waals surface area contributed by atoms with E-state index >= 15 is 0 Å². The molecule has 1 aliphatic heterocycles. The molecule has 1 aliphatic rings. The zero-order valence-corrected chi connectivity index (χ0v) is 20.6. The van der Waals surface area contributed by atoms with Gasteiger partial charge in [0.05, 0.1) is 17.8 Å². The predicted octanol–water partition coefficient (Wildman–Crippen LogP) is 5.32. The number of aromatic nitrogens is 2. The molecule has 2 unspecified atom stereocenters. The number of pyridine rings is 1. The topological polar surface area (TPSA) is 62.2 Å². The van der Waals surface area contributed by atoms with Crippen molar-refractivity contribution < 1.29 is 9.18 Å². The molecule has 2 N–H and O–H groups in total. The number of hydrogen-bond donors (Lipinski definition) is 2. The summed E-state index contributed by atoms with van der Waals surface area (Å²) >= 11 is 5.73. The van der Waals surface area contributed by atoms with Crippen LogP contribution in [0.15, 0.2) is 91.3 Å². The number of carbonyl (C=O) groups excluding carboxylic acids is 1. The number of amides is 1. The molecule has 182 valence electrons. The van der Waals surface area contributed by atoms with E-state index in [0.29, 0.717) is 17.3 Å². The highest BCUT2D eigenvalue weighted by molar-refractivity contribution is 7.80. The molecule has 1 fully saturated rings. The summed E-state index contributed by atoms with van der Waals surface area (Å²) < 4.78 is 16.0. The van der Waals surface area contributed by atoms with Gasteiger partial charge in [0.2, 0.25) is 5.91 Å². The van der Waals surface area contributed by atoms with Crippen molar-refractivity contribution in [3.8, 4) is 5.69 Å². The smallest absolute Gasteiger partial charge is 0.226 e. The van der Waals surface area contributed by atoms with Crippen molar-refractivity contribution in [3.63, 3.8) is 0 Å². The van der Waals surface area contributed by atoms with Gasteiger partial charge < -0.3 is 20.1 Å².